The molecule has 0 N–H and O–H groups in total. The third-order valence-electron chi connectivity index (χ3n) is 5.98. The maximum absolute atomic E-state index is 12.1. The molecule has 2 saturated heterocycles. The number of hydrogen-bond acceptors (Lipinski definition) is 3. The summed E-state index contributed by atoms with van der Waals surface area (Å²) in [6, 6.07) is 0. The van der Waals surface area contributed by atoms with Crippen molar-refractivity contribution in [1.29, 1.82) is 0 Å². The van der Waals surface area contributed by atoms with E-state index in [1.807, 2.05) is 6.92 Å². The molecule has 88 valence electrons. The molecule has 0 spiro atoms. The summed E-state index contributed by atoms with van der Waals surface area (Å²) >= 11 is 0. The van der Waals surface area contributed by atoms with E-state index in [-0.39, 0.29) is 22.9 Å². The van der Waals surface area contributed by atoms with Gasteiger partial charge in [0.25, 0.3) is 0 Å². The number of ether oxygens (including phenoxy) is 2. The molecule has 16 heavy (non-hydrogen) atoms. The molecular weight excluding hydrogens is 204 g/mol. The lowest BCUT2D eigenvalue weighted by Crippen LogP contribution is -2.81. The lowest BCUT2D eigenvalue weighted by Gasteiger charge is -2.75. The zero-order valence-electron chi connectivity index (χ0n) is 10.1. The van der Waals surface area contributed by atoms with Gasteiger partial charge in [-0.15, -0.1) is 0 Å². The van der Waals surface area contributed by atoms with E-state index >= 15 is 0 Å². The molecule has 4 aliphatic rings. The Bertz CT molecular complexity index is 406. The van der Waals surface area contributed by atoms with Gasteiger partial charge in [0.1, 0.15) is 0 Å². The number of carbonyl (C=O) groups is 1. The van der Waals surface area contributed by atoms with Gasteiger partial charge in [0.05, 0.1) is 11.5 Å². The van der Waals surface area contributed by atoms with Gasteiger partial charge < -0.3 is 9.47 Å². The van der Waals surface area contributed by atoms with Gasteiger partial charge in [-0.2, -0.15) is 0 Å². The third-order valence-corrected chi connectivity index (χ3v) is 5.98. The summed E-state index contributed by atoms with van der Waals surface area (Å²) in [7, 11) is 0. The molecular formula is C13H18O3. The number of hydrogen-bond donors (Lipinski definition) is 0. The van der Waals surface area contributed by atoms with E-state index in [9.17, 15) is 4.79 Å². The van der Waals surface area contributed by atoms with Crippen LogP contribution < -0.4 is 0 Å². The van der Waals surface area contributed by atoms with Crippen molar-refractivity contribution in [3.63, 3.8) is 0 Å². The van der Waals surface area contributed by atoms with E-state index in [1.165, 1.54) is 6.42 Å². The van der Waals surface area contributed by atoms with Gasteiger partial charge in [-0.25, -0.2) is 0 Å². The van der Waals surface area contributed by atoms with Crippen LogP contribution in [0.3, 0.4) is 0 Å². The van der Waals surface area contributed by atoms with Crippen LogP contribution in [0.25, 0.3) is 0 Å². The lowest BCUT2D eigenvalue weighted by atomic mass is 9.38. The highest BCUT2D eigenvalue weighted by Gasteiger charge is 2.79. The molecule has 3 nitrogen and oxygen atoms in total. The van der Waals surface area contributed by atoms with Gasteiger partial charge in [-0.05, 0) is 37.5 Å². The van der Waals surface area contributed by atoms with Crippen LogP contribution in [0.5, 0.6) is 0 Å². The zero-order chi connectivity index (χ0) is 11.3. The van der Waals surface area contributed by atoms with Crippen molar-refractivity contribution in [2.75, 3.05) is 0 Å². The van der Waals surface area contributed by atoms with Gasteiger partial charge in [0, 0.05) is 12.8 Å². The Hall–Kier alpha value is -0.570. The van der Waals surface area contributed by atoms with Crippen LogP contribution in [0.1, 0.15) is 40.0 Å². The van der Waals surface area contributed by atoms with Crippen molar-refractivity contribution in [2.24, 2.45) is 23.2 Å². The summed E-state index contributed by atoms with van der Waals surface area (Å²) in [5.41, 5.74) is -0.0974. The Kier molecular flexibility index (Phi) is 1.30. The van der Waals surface area contributed by atoms with Crippen LogP contribution in [0.2, 0.25) is 0 Å². The first-order chi connectivity index (χ1) is 7.40. The average molecular weight is 222 g/mol. The molecule has 4 bridgehead atoms. The fourth-order valence-corrected chi connectivity index (χ4v) is 5.32. The monoisotopic (exact) mass is 222 g/mol. The van der Waals surface area contributed by atoms with Crippen molar-refractivity contribution in [3.05, 3.63) is 0 Å². The normalized spacial score (nSPS) is 66.2. The van der Waals surface area contributed by atoms with Gasteiger partial charge in [0.2, 0.25) is 5.79 Å². The molecule has 0 aromatic heterocycles. The zero-order valence-corrected chi connectivity index (χ0v) is 10.1. The molecule has 2 saturated carbocycles. The van der Waals surface area contributed by atoms with Crippen molar-refractivity contribution in [1.82, 2.24) is 0 Å². The first-order valence-corrected chi connectivity index (χ1v) is 6.33. The lowest BCUT2D eigenvalue weighted by molar-refractivity contribution is -0.439. The van der Waals surface area contributed by atoms with Gasteiger partial charge in [-0.1, -0.05) is 6.92 Å². The molecule has 0 radical (unpaired) electrons. The fraction of sp³-hybridized carbons (Fsp3) is 0.923. The summed E-state index contributed by atoms with van der Waals surface area (Å²) in [5.74, 6) is 0.285. The molecule has 3 heteroatoms. The quantitative estimate of drug-likeness (QED) is 0.589. The summed E-state index contributed by atoms with van der Waals surface area (Å²) in [5, 5.41) is 0. The van der Waals surface area contributed by atoms with Gasteiger partial charge in [0.15, 0.2) is 0 Å². The molecule has 6 unspecified atom stereocenters. The second-order valence-corrected chi connectivity index (χ2v) is 6.69. The van der Waals surface area contributed by atoms with E-state index in [0.29, 0.717) is 11.8 Å². The van der Waals surface area contributed by atoms with Gasteiger partial charge in [-0.3, -0.25) is 4.79 Å². The molecule has 2 aliphatic heterocycles. The Morgan fingerprint density at radius 1 is 1.31 bits per heavy atom. The summed E-state index contributed by atoms with van der Waals surface area (Å²) in [6.45, 7) is 6.32. The molecule has 0 aromatic rings. The second kappa shape index (κ2) is 2.20. The standard InChI is InChI=1S/C13H18O3/c1-11-5-4-7-6-8(11)12(2)9(11)10(14)15-13(7,3)16-12/h7-9H,4-6H2,1-3H3. The number of carbonyl (C=O) groups excluding carboxylic acids is 1. The fourth-order valence-electron chi connectivity index (χ4n) is 5.32. The summed E-state index contributed by atoms with van der Waals surface area (Å²) in [4.78, 5) is 12.1. The van der Waals surface area contributed by atoms with E-state index in [4.69, 9.17) is 9.47 Å². The van der Waals surface area contributed by atoms with Crippen LogP contribution in [0.4, 0.5) is 0 Å². The van der Waals surface area contributed by atoms with E-state index in [2.05, 4.69) is 13.8 Å². The van der Waals surface area contributed by atoms with Crippen LogP contribution in [-0.4, -0.2) is 17.4 Å². The number of rotatable bonds is 0. The minimum Gasteiger partial charge on any atom is -0.433 e. The predicted molar refractivity (Wildman–Crippen MR) is 56.4 cm³/mol. The van der Waals surface area contributed by atoms with Crippen molar-refractivity contribution < 1.29 is 14.3 Å². The molecule has 6 atom stereocenters. The topological polar surface area (TPSA) is 35.5 Å². The predicted octanol–water partition coefficient (Wildman–Crippen LogP) is 2.10. The van der Waals surface area contributed by atoms with Crippen molar-refractivity contribution in [2.45, 2.75) is 51.4 Å². The first-order valence-electron chi connectivity index (χ1n) is 6.33. The van der Waals surface area contributed by atoms with E-state index in [1.54, 1.807) is 0 Å². The van der Waals surface area contributed by atoms with Crippen molar-refractivity contribution >= 4 is 5.97 Å². The van der Waals surface area contributed by atoms with Crippen LogP contribution in [-0.2, 0) is 14.3 Å². The Morgan fingerprint density at radius 3 is 2.81 bits per heavy atom. The SMILES string of the molecule is CC12OC(=O)C3C4(C)CCC1CC4C3(C)O2. The highest BCUT2D eigenvalue weighted by molar-refractivity contribution is 5.79. The Labute approximate surface area is 95.5 Å². The number of esters is 1. The maximum atomic E-state index is 12.1. The molecule has 2 heterocycles. The highest BCUT2D eigenvalue weighted by Crippen LogP contribution is 2.73. The highest BCUT2D eigenvalue weighted by atomic mass is 16.7. The summed E-state index contributed by atoms with van der Waals surface area (Å²) in [6.07, 6.45) is 3.48. The smallest absolute Gasteiger partial charge is 0.314 e. The van der Waals surface area contributed by atoms with Crippen molar-refractivity contribution in [3.8, 4) is 0 Å². The maximum Gasteiger partial charge on any atom is 0.314 e. The number of fused-ring (bicyclic) bond motifs is 4. The minimum absolute atomic E-state index is 0.0144. The van der Waals surface area contributed by atoms with Gasteiger partial charge >= 0.3 is 5.97 Å². The first kappa shape index (κ1) is 9.46. The largest absolute Gasteiger partial charge is 0.433 e. The molecule has 4 rings (SSSR count). The Balaban J connectivity index is 1.92. The molecule has 4 fully saturated rings. The third kappa shape index (κ3) is 0.700. The van der Waals surface area contributed by atoms with E-state index < -0.39 is 5.79 Å². The Morgan fingerprint density at radius 2 is 2.06 bits per heavy atom. The van der Waals surface area contributed by atoms with Crippen LogP contribution in [0, 0.1) is 23.2 Å². The molecule has 0 aromatic carbocycles. The van der Waals surface area contributed by atoms with Crippen LogP contribution >= 0.6 is 0 Å². The van der Waals surface area contributed by atoms with Crippen LogP contribution in [0.15, 0.2) is 0 Å². The van der Waals surface area contributed by atoms with E-state index in [0.717, 1.165) is 12.8 Å². The second-order valence-electron chi connectivity index (χ2n) is 6.69. The summed E-state index contributed by atoms with van der Waals surface area (Å²) < 4.78 is 11.8. The molecule has 0 amide bonds. The molecule has 2 aliphatic carbocycles. The average Bonchev–Trinajstić information content (AvgIpc) is 2.12. The minimum atomic E-state index is -0.638.